The minimum absolute atomic E-state index is 0.296. The normalized spacial score (nSPS) is 10.7. The van der Waals surface area contributed by atoms with Crippen molar-refractivity contribution in [3.63, 3.8) is 0 Å². The topological polar surface area (TPSA) is 88.0 Å². The monoisotopic (exact) mass is 261 g/mol. The fourth-order valence-electron chi connectivity index (χ4n) is 1.54. The van der Waals surface area contributed by atoms with E-state index in [1.165, 1.54) is 17.4 Å². The molecule has 0 aliphatic heterocycles. The summed E-state index contributed by atoms with van der Waals surface area (Å²) < 4.78 is 4.89. The number of oxazole rings is 1. The van der Waals surface area contributed by atoms with Gasteiger partial charge < -0.3 is 4.42 Å². The van der Waals surface area contributed by atoms with Crippen molar-refractivity contribution in [3.05, 3.63) is 45.9 Å². The number of H-pyrrole nitrogens is 1. The van der Waals surface area contributed by atoms with Crippen LogP contribution in [-0.2, 0) is 0 Å². The Kier molecular flexibility index (Phi) is 2.45. The number of thiazole rings is 1. The van der Waals surface area contributed by atoms with Gasteiger partial charge in [0.05, 0.1) is 5.52 Å². The molecule has 7 heteroatoms. The van der Waals surface area contributed by atoms with Crippen molar-refractivity contribution in [2.24, 2.45) is 0 Å². The van der Waals surface area contributed by atoms with E-state index in [1.54, 1.807) is 23.7 Å². The highest BCUT2D eigenvalue weighted by Gasteiger charge is 2.10. The summed E-state index contributed by atoms with van der Waals surface area (Å²) in [6, 6.07) is 4.74. The number of nitrogens with one attached hydrogen (secondary N) is 2. The van der Waals surface area contributed by atoms with Crippen LogP contribution in [0.1, 0.15) is 10.4 Å². The van der Waals surface area contributed by atoms with Crippen molar-refractivity contribution in [1.82, 2.24) is 9.97 Å². The van der Waals surface area contributed by atoms with Crippen LogP contribution in [0.15, 0.2) is 39.0 Å². The van der Waals surface area contributed by atoms with Crippen molar-refractivity contribution in [1.29, 1.82) is 0 Å². The Labute approximate surface area is 104 Å². The van der Waals surface area contributed by atoms with Crippen molar-refractivity contribution in [3.8, 4) is 0 Å². The first-order valence-electron chi connectivity index (χ1n) is 5.06. The smallest absolute Gasteiger partial charge is 0.408 e. The molecule has 2 aromatic heterocycles. The Bertz CT molecular complexity index is 757. The number of aromatic nitrogens is 2. The molecular formula is C11H7N3O3S. The largest absolute Gasteiger partial charge is 0.417 e. The van der Waals surface area contributed by atoms with Crippen molar-refractivity contribution < 1.29 is 9.21 Å². The molecule has 0 spiro atoms. The predicted octanol–water partition coefficient (Wildman–Crippen LogP) is 1.83. The van der Waals surface area contributed by atoms with E-state index < -0.39 is 5.76 Å². The van der Waals surface area contributed by atoms with E-state index in [0.717, 1.165) is 0 Å². The third-order valence-electron chi connectivity index (χ3n) is 2.34. The number of amides is 1. The number of carbonyl (C=O) groups excluding carboxylic acids is 1. The van der Waals surface area contributed by atoms with E-state index in [-0.39, 0.29) is 5.91 Å². The summed E-state index contributed by atoms with van der Waals surface area (Å²) in [5, 5.41) is 4.94. The van der Waals surface area contributed by atoms with E-state index in [9.17, 15) is 9.59 Å². The molecule has 0 saturated carbocycles. The number of nitrogens with zero attached hydrogens (tertiary/aromatic N) is 1. The molecule has 2 heterocycles. The number of aromatic amines is 1. The first-order chi connectivity index (χ1) is 8.72. The molecule has 0 bridgehead atoms. The molecule has 3 rings (SSSR count). The van der Waals surface area contributed by atoms with Gasteiger partial charge in [-0.15, -0.1) is 11.3 Å². The molecule has 0 fully saturated rings. The molecule has 6 nitrogen and oxygen atoms in total. The van der Waals surface area contributed by atoms with Crippen molar-refractivity contribution >= 4 is 33.5 Å². The van der Waals surface area contributed by atoms with Gasteiger partial charge in [0, 0.05) is 17.1 Å². The van der Waals surface area contributed by atoms with Crippen LogP contribution < -0.4 is 11.1 Å². The maximum atomic E-state index is 11.9. The number of hydrogen-bond donors (Lipinski definition) is 2. The fourth-order valence-corrected chi connectivity index (χ4v) is 2.07. The lowest BCUT2D eigenvalue weighted by Gasteiger charge is -2.00. The number of carbonyl (C=O) groups is 1. The summed E-state index contributed by atoms with van der Waals surface area (Å²) in [5.74, 6) is -0.835. The number of hydrogen-bond acceptors (Lipinski definition) is 5. The van der Waals surface area contributed by atoms with E-state index in [4.69, 9.17) is 4.42 Å². The van der Waals surface area contributed by atoms with E-state index in [2.05, 4.69) is 15.3 Å². The molecule has 0 aliphatic rings. The Morgan fingerprint density at radius 3 is 3.11 bits per heavy atom. The molecule has 0 saturated heterocycles. The molecular weight excluding hydrogens is 254 g/mol. The van der Waals surface area contributed by atoms with Crippen LogP contribution in [-0.4, -0.2) is 15.9 Å². The van der Waals surface area contributed by atoms with E-state index in [1.807, 2.05) is 0 Å². The van der Waals surface area contributed by atoms with E-state index >= 15 is 0 Å². The quantitative estimate of drug-likeness (QED) is 0.736. The van der Waals surface area contributed by atoms with Gasteiger partial charge >= 0.3 is 5.76 Å². The lowest BCUT2D eigenvalue weighted by molar-refractivity contribution is 0.102. The number of rotatable bonds is 2. The second-order valence-corrected chi connectivity index (χ2v) is 4.41. The zero-order chi connectivity index (χ0) is 12.5. The van der Waals surface area contributed by atoms with Gasteiger partial charge in [0.15, 0.2) is 10.7 Å². The molecule has 1 aromatic carbocycles. The highest BCUT2D eigenvalue weighted by atomic mass is 32.1. The lowest BCUT2D eigenvalue weighted by atomic mass is 10.2. The molecule has 90 valence electrons. The molecule has 18 heavy (non-hydrogen) atoms. The molecule has 0 aliphatic carbocycles. The van der Waals surface area contributed by atoms with E-state index in [0.29, 0.717) is 21.8 Å². The number of benzene rings is 1. The molecule has 0 unspecified atom stereocenters. The average Bonchev–Trinajstić information content (AvgIpc) is 2.95. The summed E-state index contributed by atoms with van der Waals surface area (Å²) in [5.41, 5.74) is 1.32. The Morgan fingerprint density at radius 2 is 2.33 bits per heavy atom. The van der Waals surface area contributed by atoms with Crippen molar-refractivity contribution in [2.75, 3.05) is 5.32 Å². The third kappa shape index (κ3) is 1.91. The summed E-state index contributed by atoms with van der Waals surface area (Å²) in [7, 11) is 0. The van der Waals surface area contributed by atoms with Gasteiger partial charge in [-0.2, -0.15) is 0 Å². The zero-order valence-corrected chi connectivity index (χ0v) is 9.78. The highest BCUT2D eigenvalue weighted by Crippen LogP contribution is 2.15. The number of anilines is 1. The molecule has 1 amide bonds. The standard InChI is InChI=1S/C11H7N3O3S/c15-9(14-10-12-3-4-18-10)6-1-2-7-8(5-6)17-11(16)13-7/h1-5H,(H,13,16)(H,12,14,15). The second-order valence-electron chi connectivity index (χ2n) is 3.52. The molecule has 0 radical (unpaired) electrons. The lowest BCUT2D eigenvalue weighted by Crippen LogP contribution is -2.11. The Balaban J connectivity index is 1.93. The third-order valence-corrected chi connectivity index (χ3v) is 3.02. The first-order valence-corrected chi connectivity index (χ1v) is 5.94. The minimum Gasteiger partial charge on any atom is -0.408 e. The first kappa shape index (κ1) is 10.7. The van der Waals surface area contributed by atoms with Crippen LogP contribution >= 0.6 is 11.3 Å². The summed E-state index contributed by atoms with van der Waals surface area (Å²) >= 11 is 1.33. The van der Waals surface area contributed by atoms with Crippen LogP contribution in [0.5, 0.6) is 0 Å². The molecule has 0 atom stereocenters. The highest BCUT2D eigenvalue weighted by molar-refractivity contribution is 7.13. The Hall–Kier alpha value is -2.41. The van der Waals surface area contributed by atoms with Crippen LogP contribution in [0, 0.1) is 0 Å². The minimum atomic E-state index is -0.539. The van der Waals surface area contributed by atoms with Crippen LogP contribution in [0.2, 0.25) is 0 Å². The molecule has 2 N–H and O–H groups in total. The van der Waals surface area contributed by atoms with Crippen molar-refractivity contribution in [2.45, 2.75) is 0 Å². The average molecular weight is 261 g/mol. The van der Waals surface area contributed by atoms with Crippen LogP contribution in [0.4, 0.5) is 5.13 Å². The van der Waals surface area contributed by atoms with Gasteiger partial charge in [-0.3, -0.25) is 15.1 Å². The zero-order valence-electron chi connectivity index (χ0n) is 8.97. The van der Waals surface area contributed by atoms with Gasteiger partial charge in [-0.1, -0.05) is 0 Å². The van der Waals surface area contributed by atoms with Gasteiger partial charge in [-0.05, 0) is 18.2 Å². The summed E-state index contributed by atoms with van der Waals surface area (Å²) in [4.78, 5) is 29.3. The summed E-state index contributed by atoms with van der Waals surface area (Å²) in [6.45, 7) is 0. The maximum Gasteiger partial charge on any atom is 0.417 e. The maximum absolute atomic E-state index is 11.9. The number of fused-ring (bicyclic) bond motifs is 1. The van der Waals surface area contributed by atoms with Gasteiger partial charge in [0.2, 0.25) is 0 Å². The SMILES string of the molecule is O=C(Nc1nccs1)c1ccc2[nH]c(=O)oc2c1. The molecule has 3 aromatic rings. The Morgan fingerprint density at radius 1 is 1.44 bits per heavy atom. The predicted molar refractivity (Wildman–Crippen MR) is 66.9 cm³/mol. The summed E-state index contributed by atoms with van der Waals surface area (Å²) in [6.07, 6.45) is 1.61. The van der Waals surface area contributed by atoms with Crippen LogP contribution in [0.3, 0.4) is 0 Å². The van der Waals surface area contributed by atoms with Gasteiger partial charge in [-0.25, -0.2) is 9.78 Å². The second kappa shape index (κ2) is 4.11. The fraction of sp³-hybridized carbons (Fsp3) is 0. The van der Waals surface area contributed by atoms with Gasteiger partial charge in [0.1, 0.15) is 0 Å². The van der Waals surface area contributed by atoms with Crippen LogP contribution in [0.25, 0.3) is 11.1 Å². The van der Waals surface area contributed by atoms with Gasteiger partial charge in [0.25, 0.3) is 5.91 Å².